The van der Waals surface area contributed by atoms with E-state index in [1.54, 1.807) is 5.57 Å². The average Bonchev–Trinajstić information content (AvgIpc) is 1.82. The van der Waals surface area contributed by atoms with E-state index in [2.05, 4.69) is 33.8 Å². The molecule has 0 fully saturated rings. The molecule has 0 aromatic heterocycles. The molecule has 0 spiro atoms. The maximum atomic E-state index is 2.42. The van der Waals surface area contributed by atoms with Gasteiger partial charge in [0.1, 0.15) is 0 Å². The van der Waals surface area contributed by atoms with Crippen LogP contribution in [0.2, 0.25) is 0 Å². The van der Waals surface area contributed by atoms with Crippen LogP contribution in [0.5, 0.6) is 0 Å². The zero-order valence-corrected chi connectivity index (χ0v) is 7.52. The quantitative estimate of drug-likeness (QED) is 0.451. The van der Waals surface area contributed by atoms with Gasteiger partial charge >= 0.3 is 0 Å². The third kappa shape index (κ3) is 1.42. The van der Waals surface area contributed by atoms with E-state index in [1.807, 2.05) is 0 Å². The molecule has 0 nitrogen and oxygen atoms in total. The van der Waals surface area contributed by atoms with Crippen molar-refractivity contribution in [3.05, 3.63) is 11.6 Å². The first-order valence-corrected chi connectivity index (χ1v) is 4.28. The second-order valence-electron chi connectivity index (χ2n) is 3.91. The zero-order chi connectivity index (χ0) is 7.72. The van der Waals surface area contributed by atoms with E-state index in [0.717, 1.165) is 17.8 Å². The summed E-state index contributed by atoms with van der Waals surface area (Å²) in [6.45, 7) is 9.29. The maximum Gasteiger partial charge on any atom is -0.0231 e. The summed E-state index contributed by atoms with van der Waals surface area (Å²) in [5.41, 5.74) is 1.58. The Balaban J connectivity index is 2.69. The van der Waals surface area contributed by atoms with Crippen LogP contribution in [0, 0.1) is 17.8 Å². The lowest BCUT2D eigenvalue weighted by Gasteiger charge is -2.29. The molecule has 10 heavy (non-hydrogen) atoms. The van der Waals surface area contributed by atoms with Gasteiger partial charge in [-0.25, -0.2) is 0 Å². The Bertz CT molecular complexity index is 144. The summed E-state index contributed by atoms with van der Waals surface area (Å²) in [6.07, 6.45) is 3.73. The van der Waals surface area contributed by atoms with E-state index in [9.17, 15) is 0 Å². The summed E-state index contributed by atoms with van der Waals surface area (Å²) in [7, 11) is 0. The monoisotopic (exact) mass is 138 g/mol. The summed E-state index contributed by atoms with van der Waals surface area (Å²) in [6, 6.07) is 0. The van der Waals surface area contributed by atoms with Crippen LogP contribution >= 0.6 is 0 Å². The smallest absolute Gasteiger partial charge is 0.0231 e. The lowest BCUT2D eigenvalue weighted by atomic mass is 9.76. The summed E-state index contributed by atoms with van der Waals surface area (Å²) in [5.74, 6) is 2.56. The van der Waals surface area contributed by atoms with Gasteiger partial charge in [0.2, 0.25) is 0 Å². The maximum absolute atomic E-state index is 2.42. The molecule has 1 rings (SSSR count). The molecule has 1 aliphatic carbocycles. The molecule has 1 aliphatic rings. The van der Waals surface area contributed by atoms with E-state index in [1.165, 1.54) is 6.42 Å². The minimum Gasteiger partial charge on any atom is -0.0825 e. The molecule has 0 heterocycles. The van der Waals surface area contributed by atoms with Crippen LogP contribution in [-0.2, 0) is 0 Å². The van der Waals surface area contributed by atoms with Gasteiger partial charge in [-0.05, 0) is 31.1 Å². The number of allylic oxidation sites excluding steroid dienone is 2. The lowest BCUT2D eigenvalue weighted by Crippen LogP contribution is -2.19. The normalized spacial score (nSPS) is 41.2. The third-order valence-corrected chi connectivity index (χ3v) is 2.92. The number of hydrogen-bond donors (Lipinski definition) is 0. The molecule has 0 aliphatic heterocycles. The fourth-order valence-electron chi connectivity index (χ4n) is 1.88. The first-order valence-electron chi connectivity index (χ1n) is 4.28. The van der Waals surface area contributed by atoms with Crippen LogP contribution in [0.1, 0.15) is 34.1 Å². The molecule has 0 aromatic carbocycles. The highest BCUT2D eigenvalue weighted by Crippen LogP contribution is 2.32. The Morgan fingerprint density at radius 2 is 1.90 bits per heavy atom. The fraction of sp³-hybridized carbons (Fsp3) is 0.800. The van der Waals surface area contributed by atoms with E-state index < -0.39 is 0 Å². The molecule has 1 unspecified atom stereocenters. The van der Waals surface area contributed by atoms with Crippen molar-refractivity contribution in [3.63, 3.8) is 0 Å². The van der Waals surface area contributed by atoms with Gasteiger partial charge in [0, 0.05) is 0 Å². The molecule has 0 radical (unpaired) electrons. The van der Waals surface area contributed by atoms with E-state index in [-0.39, 0.29) is 0 Å². The molecular weight excluding hydrogens is 120 g/mol. The highest BCUT2D eigenvalue weighted by molar-refractivity contribution is 5.07. The zero-order valence-electron chi connectivity index (χ0n) is 7.52. The molecule has 58 valence electrons. The number of rotatable bonds is 0. The van der Waals surface area contributed by atoms with Crippen LogP contribution in [0.4, 0.5) is 0 Å². The molecule has 0 aromatic rings. The van der Waals surface area contributed by atoms with E-state index in [0.29, 0.717) is 0 Å². The minimum atomic E-state index is 0.795. The molecular formula is C10H18. The van der Waals surface area contributed by atoms with E-state index in [4.69, 9.17) is 0 Å². The molecule has 0 heteroatoms. The SMILES string of the molecule is CC1=CC(C)[C@H](C)[C@@H](C)C1. The highest BCUT2D eigenvalue weighted by Gasteiger charge is 2.21. The molecule has 3 atom stereocenters. The topological polar surface area (TPSA) is 0 Å². The van der Waals surface area contributed by atoms with Crippen LogP contribution in [0.25, 0.3) is 0 Å². The first-order chi connectivity index (χ1) is 4.61. The van der Waals surface area contributed by atoms with Crippen molar-refractivity contribution in [2.45, 2.75) is 34.1 Å². The highest BCUT2D eigenvalue weighted by atomic mass is 14.3. The lowest BCUT2D eigenvalue weighted by molar-refractivity contribution is 0.297. The molecule has 0 N–H and O–H groups in total. The van der Waals surface area contributed by atoms with Gasteiger partial charge < -0.3 is 0 Å². The van der Waals surface area contributed by atoms with Crippen molar-refractivity contribution >= 4 is 0 Å². The predicted molar refractivity (Wildman–Crippen MR) is 45.9 cm³/mol. The van der Waals surface area contributed by atoms with Gasteiger partial charge in [-0.2, -0.15) is 0 Å². The second-order valence-corrected chi connectivity index (χ2v) is 3.91. The van der Waals surface area contributed by atoms with Gasteiger partial charge in [-0.3, -0.25) is 0 Å². The molecule has 0 saturated carbocycles. The van der Waals surface area contributed by atoms with Gasteiger partial charge in [-0.15, -0.1) is 0 Å². The fourth-order valence-corrected chi connectivity index (χ4v) is 1.88. The third-order valence-electron chi connectivity index (χ3n) is 2.92. The Labute approximate surface area is 64.3 Å². The Morgan fingerprint density at radius 3 is 2.40 bits per heavy atom. The van der Waals surface area contributed by atoms with Gasteiger partial charge in [0.05, 0.1) is 0 Å². The van der Waals surface area contributed by atoms with Gasteiger partial charge in [0.15, 0.2) is 0 Å². The van der Waals surface area contributed by atoms with Crippen molar-refractivity contribution < 1.29 is 0 Å². The second kappa shape index (κ2) is 2.77. The predicted octanol–water partition coefficient (Wildman–Crippen LogP) is 3.24. The summed E-state index contributed by atoms with van der Waals surface area (Å²) in [5, 5.41) is 0. The van der Waals surface area contributed by atoms with Crippen molar-refractivity contribution in [1.29, 1.82) is 0 Å². The Morgan fingerprint density at radius 1 is 1.30 bits per heavy atom. The standard InChI is InChI=1S/C10H18/c1-7-5-8(2)10(4)9(3)6-7/h5,8-10H,6H2,1-4H3/t8?,9-,10-/m0/s1. The largest absolute Gasteiger partial charge is 0.0825 e. The minimum absolute atomic E-state index is 0.795. The van der Waals surface area contributed by atoms with Crippen LogP contribution in [-0.4, -0.2) is 0 Å². The van der Waals surface area contributed by atoms with Gasteiger partial charge in [0.25, 0.3) is 0 Å². The summed E-state index contributed by atoms with van der Waals surface area (Å²) < 4.78 is 0. The Hall–Kier alpha value is -0.260. The van der Waals surface area contributed by atoms with Crippen molar-refractivity contribution in [1.82, 2.24) is 0 Å². The van der Waals surface area contributed by atoms with Crippen LogP contribution < -0.4 is 0 Å². The van der Waals surface area contributed by atoms with Crippen LogP contribution in [0.3, 0.4) is 0 Å². The first kappa shape index (κ1) is 7.84. The van der Waals surface area contributed by atoms with Gasteiger partial charge in [-0.1, -0.05) is 32.4 Å². The molecule has 0 amide bonds. The van der Waals surface area contributed by atoms with Crippen molar-refractivity contribution in [3.8, 4) is 0 Å². The van der Waals surface area contributed by atoms with Crippen molar-refractivity contribution in [2.24, 2.45) is 17.8 Å². The Kier molecular flexibility index (Phi) is 2.18. The number of hydrogen-bond acceptors (Lipinski definition) is 0. The summed E-state index contributed by atoms with van der Waals surface area (Å²) >= 11 is 0. The molecule has 0 bridgehead atoms. The van der Waals surface area contributed by atoms with E-state index >= 15 is 0 Å². The average molecular weight is 138 g/mol. The van der Waals surface area contributed by atoms with Crippen molar-refractivity contribution in [2.75, 3.05) is 0 Å². The summed E-state index contributed by atoms with van der Waals surface area (Å²) in [4.78, 5) is 0. The van der Waals surface area contributed by atoms with Crippen LogP contribution in [0.15, 0.2) is 11.6 Å². The molecule has 0 saturated heterocycles.